The summed E-state index contributed by atoms with van der Waals surface area (Å²) in [5.41, 5.74) is 0.766. The van der Waals surface area contributed by atoms with E-state index in [1.165, 1.54) is 10.6 Å². The van der Waals surface area contributed by atoms with Crippen LogP contribution in [0.1, 0.15) is 12.8 Å². The molecule has 2 rings (SSSR count). The van der Waals surface area contributed by atoms with Crippen LogP contribution in [0.2, 0.25) is 0 Å². The molecule has 0 bridgehead atoms. The monoisotopic (exact) mass is 326 g/mol. The molecule has 1 aliphatic rings. The lowest BCUT2D eigenvalue weighted by molar-refractivity contribution is -0.123. The van der Waals surface area contributed by atoms with Crippen LogP contribution in [0.5, 0.6) is 5.75 Å². The molecule has 1 aromatic rings. The van der Waals surface area contributed by atoms with Gasteiger partial charge in [-0.3, -0.25) is 4.79 Å². The minimum atomic E-state index is -3.25. The first-order chi connectivity index (χ1) is 10.3. The summed E-state index contributed by atoms with van der Waals surface area (Å²) in [6, 6.07) is 7.22. The van der Waals surface area contributed by atoms with Crippen molar-refractivity contribution in [2.75, 3.05) is 38.4 Å². The second-order valence-electron chi connectivity index (χ2n) is 5.56. The number of anilines is 1. The second-order valence-corrected chi connectivity index (χ2v) is 7.54. The van der Waals surface area contributed by atoms with Crippen LogP contribution in [-0.2, 0) is 14.8 Å². The van der Waals surface area contributed by atoms with E-state index in [0.29, 0.717) is 19.4 Å². The Balaban J connectivity index is 2.09. The third-order valence-corrected chi connectivity index (χ3v) is 5.26. The number of hydrogen-bond acceptors (Lipinski definition) is 4. The van der Waals surface area contributed by atoms with E-state index in [4.69, 9.17) is 4.74 Å². The number of hydrogen-bond donors (Lipinski definition) is 0. The van der Waals surface area contributed by atoms with Gasteiger partial charge in [-0.15, -0.1) is 0 Å². The number of carbonyl (C=O) groups excluding carboxylic acids is 1. The summed E-state index contributed by atoms with van der Waals surface area (Å²) in [6.45, 7) is 0.757. The van der Waals surface area contributed by atoms with Crippen molar-refractivity contribution in [1.82, 2.24) is 4.31 Å². The van der Waals surface area contributed by atoms with Crippen molar-refractivity contribution in [3.63, 3.8) is 0 Å². The Morgan fingerprint density at radius 2 is 1.95 bits per heavy atom. The highest BCUT2D eigenvalue weighted by atomic mass is 32.2. The third-order valence-electron chi connectivity index (χ3n) is 3.99. The number of sulfonamides is 1. The van der Waals surface area contributed by atoms with Crippen molar-refractivity contribution in [2.24, 2.45) is 5.92 Å². The smallest absolute Gasteiger partial charge is 0.231 e. The fraction of sp³-hybridized carbons (Fsp3) is 0.533. The molecular formula is C15H22N2O4S. The number of rotatable bonds is 4. The molecule has 1 heterocycles. The molecule has 122 valence electrons. The molecule has 6 nitrogen and oxygen atoms in total. The quantitative estimate of drug-likeness (QED) is 0.837. The van der Waals surface area contributed by atoms with Crippen molar-refractivity contribution in [3.05, 3.63) is 24.3 Å². The molecule has 1 saturated heterocycles. The van der Waals surface area contributed by atoms with Crippen molar-refractivity contribution >= 4 is 21.6 Å². The van der Waals surface area contributed by atoms with Crippen LogP contribution in [-0.4, -0.2) is 52.1 Å². The lowest BCUT2D eigenvalue weighted by atomic mass is 9.98. The largest absolute Gasteiger partial charge is 0.497 e. The minimum absolute atomic E-state index is 0.0569. The van der Waals surface area contributed by atoms with Gasteiger partial charge in [-0.05, 0) is 37.1 Å². The van der Waals surface area contributed by atoms with E-state index in [9.17, 15) is 13.2 Å². The fourth-order valence-corrected chi connectivity index (χ4v) is 3.56. The Hall–Kier alpha value is -1.60. The molecule has 7 heteroatoms. The molecule has 22 heavy (non-hydrogen) atoms. The van der Waals surface area contributed by atoms with Crippen molar-refractivity contribution in [1.29, 1.82) is 0 Å². The molecule has 1 aliphatic heterocycles. The van der Waals surface area contributed by atoms with Crippen LogP contribution in [0.4, 0.5) is 5.69 Å². The second kappa shape index (κ2) is 6.66. The van der Waals surface area contributed by atoms with Crippen LogP contribution in [0.3, 0.4) is 0 Å². The Labute approximate surface area is 131 Å². The molecule has 1 fully saturated rings. The first kappa shape index (κ1) is 16.8. The zero-order valence-corrected chi connectivity index (χ0v) is 14.0. The number of methoxy groups -OCH3 is 1. The molecule has 0 aliphatic carbocycles. The third kappa shape index (κ3) is 3.78. The maximum Gasteiger partial charge on any atom is 0.231 e. The number of ether oxygens (including phenoxy) is 1. The fourth-order valence-electron chi connectivity index (χ4n) is 2.65. The molecule has 1 amide bonds. The minimum Gasteiger partial charge on any atom is -0.497 e. The molecule has 0 saturated carbocycles. The van der Waals surface area contributed by atoms with Crippen molar-refractivity contribution in [3.8, 4) is 5.75 Å². The zero-order valence-electron chi connectivity index (χ0n) is 13.2. The number of carbonyl (C=O) groups is 1. The average Bonchev–Trinajstić information content (AvgIpc) is 2.53. The van der Waals surface area contributed by atoms with Crippen molar-refractivity contribution < 1.29 is 17.9 Å². The summed E-state index contributed by atoms with van der Waals surface area (Å²) in [4.78, 5) is 14.2. The summed E-state index contributed by atoms with van der Waals surface area (Å²) >= 11 is 0. The van der Waals surface area contributed by atoms with E-state index in [2.05, 4.69) is 0 Å². The number of amides is 1. The number of nitrogens with zero attached hydrogens (tertiary/aromatic N) is 2. The first-order valence-electron chi connectivity index (χ1n) is 7.19. The van der Waals surface area contributed by atoms with E-state index in [1.54, 1.807) is 31.2 Å². The topological polar surface area (TPSA) is 66.9 Å². The average molecular weight is 326 g/mol. The molecule has 1 atom stereocenters. The van der Waals surface area contributed by atoms with Gasteiger partial charge in [0.15, 0.2) is 0 Å². The lowest BCUT2D eigenvalue weighted by Gasteiger charge is -2.32. The van der Waals surface area contributed by atoms with Gasteiger partial charge in [-0.25, -0.2) is 12.7 Å². The highest BCUT2D eigenvalue weighted by molar-refractivity contribution is 7.88. The van der Waals surface area contributed by atoms with Gasteiger partial charge in [0.1, 0.15) is 5.75 Å². The van der Waals surface area contributed by atoms with Gasteiger partial charge in [0.2, 0.25) is 15.9 Å². The highest BCUT2D eigenvalue weighted by Crippen LogP contribution is 2.24. The molecule has 1 aromatic carbocycles. The Morgan fingerprint density at radius 3 is 2.50 bits per heavy atom. The molecular weight excluding hydrogens is 304 g/mol. The number of piperidine rings is 1. The van der Waals surface area contributed by atoms with Gasteiger partial charge in [-0.2, -0.15) is 0 Å². The maximum absolute atomic E-state index is 12.6. The lowest BCUT2D eigenvalue weighted by Crippen LogP contribution is -2.45. The van der Waals surface area contributed by atoms with Gasteiger partial charge in [0, 0.05) is 25.8 Å². The van der Waals surface area contributed by atoms with E-state index >= 15 is 0 Å². The molecule has 0 spiro atoms. The van der Waals surface area contributed by atoms with E-state index in [-0.39, 0.29) is 18.4 Å². The van der Waals surface area contributed by atoms with Crippen LogP contribution < -0.4 is 9.64 Å². The summed E-state index contributed by atoms with van der Waals surface area (Å²) in [5.74, 6) is 0.375. The van der Waals surface area contributed by atoms with E-state index < -0.39 is 10.0 Å². The molecule has 0 aromatic heterocycles. The van der Waals surface area contributed by atoms with E-state index in [0.717, 1.165) is 11.4 Å². The SMILES string of the molecule is COc1ccc(N(C)C(=O)[C@@H]2CCCN(S(C)(=O)=O)C2)cc1. The van der Waals surface area contributed by atoms with Crippen LogP contribution >= 0.6 is 0 Å². The van der Waals surface area contributed by atoms with Gasteiger partial charge < -0.3 is 9.64 Å². The summed E-state index contributed by atoms with van der Waals surface area (Å²) in [5, 5.41) is 0. The molecule has 0 N–H and O–H groups in total. The normalized spacial score (nSPS) is 19.7. The summed E-state index contributed by atoms with van der Waals surface area (Å²) in [6.07, 6.45) is 2.61. The molecule has 0 unspecified atom stereocenters. The number of benzene rings is 1. The van der Waals surface area contributed by atoms with Crippen molar-refractivity contribution in [2.45, 2.75) is 12.8 Å². The predicted octanol–water partition coefficient (Wildman–Crippen LogP) is 1.33. The maximum atomic E-state index is 12.6. The molecule has 0 radical (unpaired) electrons. The van der Waals surface area contributed by atoms with Crippen LogP contribution in [0.15, 0.2) is 24.3 Å². The van der Waals surface area contributed by atoms with Gasteiger partial charge in [0.25, 0.3) is 0 Å². The zero-order chi connectivity index (χ0) is 16.3. The van der Waals surface area contributed by atoms with Crippen LogP contribution in [0, 0.1) is 5.92 Å². The standard InChI is InChI=1S/C15H22N2O4S/c1-16(13-6-8-14(21-2)9-7-13)15(18)12-5-4-10-17(11-12)22(3,19)20/h6-9,12H,4-5,10-11H2,1-3H3/t12-/m1/s1. The van der Waals surface area contributed by atoms with Crippen LogP contribution in [0.25, 0.3) is 0 Å². The first-order valence-corrected chi connectivity index (χ1v) is 9.04. The van der Waals surface area contributed by atoms with Gasteiger partial charge >= 0.3 is 0 Å². The Morgan fingerprint density at radius 1 is 1.32 bits per heavy atom. The Bertz CT molecular complexity index is 627. The summed E-state index contributed by atoms with van der Waals surface area (Å²) < 4.78 is 29.8. The Kier molecular flexibility index (Phi) is 5.08. The predicted molar refractivity (Wildman–Crippen MR) is 85.5 cm³/mol. The van der Waals surface area contributed by atoms with Gasteiger partial charge in [-0.1, -0.05) is 0 Å². The van der Waals surface area contributed by atoms with Gasteiger partial charge in [0.05, 0.1) is 19.3 Å². The van der Waals surface area contributed by atoms with E-state index in [1.807, 2.05) is 12.1 Å². The highest BCUT2D eigenvalue weighted by Gasteiger charge is 2.32. The summed E-state index contributed by atoms with van der Waals surface area (Å²) in [7, 11) is 0.0552.